The third-order valence-electron chi connectivity index (χ3n) is 8.49. The maximum atomic E-state index is 9.56. The Morgan fingerprint density at radius 1 is 0.442 bits per heavy atom. The Bertz CT molecular complexity index is 2320. The number of para-hydroxylation sites is 1. The van der Waals surface area contributed by atoms with E-state index in [0.717, 1.165) is 33.0 Å². The molecule has 0 atom stereocenters. The molecule has 0 aliphatic rings. The van der Waals surface area contributed by atoms with Crippen LogP contribution in [0.4, 0.5) is 5.69 Å². The molecule has 202 valence electrons. The van der Waals surface area contributed by atoms with Gasteiger partial charge in [0.1, 0.15) is 11.7 Å². The van der Waals surface area contributed by atoms with E-state index in [1.807, 2.05) is 66.7 Å². The molecule has 0 spiro atoms. The number of benzene rings is 8. The number of hydrogen-bond acceptors (Lipinski definition) is 2. The highest BCUT2D eigenvalue weighted by atomic mass is 15.2. The number of rotatable bonds is 4. The van der Waals surface area contributed by atoms with Crippen LogP contribution in [0.25, 0.3) is 54.2 Å². The van der Waals surface area contributed by atoms with Crippen molar-refractivity contribution in [3.63, 3.8) is 0 Å². The minimum atomic E-state index is 0.265. The van der Waals surface area contributed by atoms with E-state index in [1.54, 1.807) is 4.90 Å². The number of nitrogens with one attached hydrogen (secondary N) is 2. The molecule has 8 aromatic carbocycles. The van der Waals surface area contributed by atoms with Crippen LogP contribution in [0.3, 0.4) is 0 Å². The van der Waals surface area contributed by atoms with Gasteiger partial charge < -0.3 is 0 Å². The van der Waals surface area contributed by atoms with Gasteiger partial charge in [-0.05, 0) is 72.4 Å². The molecular weight excluding hydrogens is 522 g/mol. The molecule has 3 nitrogen and oxygen atoms in total. The summed E-state index contributed by atoms with van der Waals surface area (Å²) in [6.45, 7) is 0. The summed E-state index contributed by atoms with van der Waals surface area (Å²) >= 11 is 0. The summed E-state index contributed by atoms with van der Waals surface area (Å²) in [7, 11) is 0. The summed E-state index contributed by atoms with van der Waals surface area (Å²) in [5.41, 5.74) is 4.73. The normalized spacial score (nSPS) is 11.4. The molecule has 0 aliphatic carbocycles. The van der Waals surface area contributed by atoms with Gasteiger partial charge in [0.15, 0.2) is 0 Å². The molecule has 0 unspecified atom stereocenters. The third-order valence-corrected chi connectivity index (χ3v) is 8.49. The Kier molecular flexibility index (Phi) is 5.76. The largest absolute Gasteiger partial charge is 0.284 e. The van der Waals surface area contributed by atoms with Crippen molar-refractivity contribution in [2.24, 2.45) is 0 Å². The lowest BCUT2D eigenvalue weighted by Crippen LogP contribution is -2.37. The minimum Gasteiger partial charge on any atom is -0.284 e. The lowest BCUT2D eigenvalue weighted by molar-refractivity contribution is 1.29. The summed E-state index contributed by atoms with van der Waals surface area (Å²) < 4.78 is 0. The van der Waals surface area contributed by atoms with Crippen LogP contribution in [0.2, 0.25) is 0 Å². The number of amidine groups is 2. The Morgan fingerprint density at radius 3 is 1.79 bits per heavy atom. The van der Waals surface area contributed by atoms with Crippen molar-refractivity contribution in [3.05, 3.63) is 163 Å². The highest BCUT2D eigenvalue weighted by Crippen LogP contribution is 2.41. The van der Waals surface area contributed by atoms with Crippen molar-refractivity contribution in [2.45, 2.75) is 0 Å². The predicted octanol–water partition coefficient (Wildman–Crippen LogP) is 10.3. The van der Waals surface area contributed by atoms with Gasteiger partial charge in [0.25, 0.3) is 0 Å². The molecule has 0 aromatic heterocycles. The van der Waals surface area contributed by atoms with Gasteiger partial charge in [-0.2, -0.15) is 0 Å². The lowest BCUT2D eigenvalue weighted by Gasteiger charge is -2.27. The van der Waals surface area contributed by atoms with Crippen LogP contribution in [-0.4, -0.2) is 11.7 Å². The van der Waals surface area contributed by atoms with Crippen molar-refractivity contribution >= 4 is 60.4 Å². The zero-order chi connectivity index (χ0) is 28.9. The predicted molar refractivity (Wildman–Crippen MR) is 182 cm³/mol. The Morgan fingerprint density at radius 2 is 1.02 bits per heavy atom. The Labute approximate surface area is 249 Å². The minimum absolute atomic E-state index is 0.265. The summed E-state index contributed by atoms with van der Waals surface area (Å²) in [5, 5.41) is 28.1. The molecule has 0 saturated carbocycles. The van der Waals surface area contributed by atoms with E-state index < -0.39 is 0 Å². The second-order valence-corrected chi connectivity index (χ2v) is 10.9. The smallest absolute Gasteiger partial charge is 0.139 e. The van der Waals surface area contributed by atoms with Gasteiger partial charge in [-0.3, -0.25) is 15.7 Å². The van der Waals surface area contributed by atoms with Crippen LogP contribution >= 0.6 is 0 Å². The fourth-order valence-corrected chi connectivity index (χ4v) is 6.41. The zero-order valence-electron chi connectivity index (χ0n) is 23.4. The van der Waals surface area contributed by atoms with Crippen LogP contribution in [-0.2, 0) is 0 Å². The molecule has 0 fully saturated rings. The van der Waals surface area contributed by atoms with E-state index in [1.165, 1.54) is 38.1 Å². The quantitative estimate of drug-likeness (QED) is 0.128. The number of nitrogens with zero attached hydrogens (tertiary/aromatic N) is 1. The third kappa shape index (κ3) is 4.05. The summed E-state index contributed by atoms with van der Waals surface area (Å²) in [5.74, 6) is 0.536. The first-order chi connectivity index (χ1) is 21.2. The standard InChI is InChI=1S/C40H27N3/c41-39(29-10-3-1-4-11-29)43(32-13-5-2-6-14-32)40(42)36-24-20-28-18-22-34-33(21-17-27-19-23-35(36)38(28)37(27)34)31-16-15-26-9-7-8-12-30(26)25-31/h1-25,41-42H. The van der Waals surface area contributed by atoms with Crippen LogP contribution in [0.15, 0.2) is 152 Å². The highest BCUT2D eigenvalue weighted by Gasteiger charge is 2.23. The molecule has 8 aromatic rings. The van der Waals surface area contributed by atoms with Crippen molar-refractivity contribution in [2.75, 3.05) is 4.90 Å². The monoisotopic (exact) mass is 549 g/mol. The van der Waals surface area contributed by atoms with Gasteiger partial charge in [-0.15, -0.1) is 0 Å². The lowest BCUT2D eigenvalue weighted by atomic mass is 9.88. The molecule has 8 rings (SSSR count). The van der Waals surface area contributed by atoms with E-state index in [-0.39, 0.29) is 11.7 Å². The molecule has 3 heteroatoms. The molecule has 0 amide bonds. The highest BCUT2D eigenvalue weighted by molar-refractivity contribution is 6.34. The first-order valence-corrected chi connectivity index (χ1v) is 14.5. The van der Waals surface area contributed by atoms with Gasteiger partial charge in [0.05, 0.1) is 0 Å². The van der Waals surface area contributed by atoms with Crippen molar-refractivity contribution in [1.29, 1.82) is 10.8 Å². The van der Waals surface area contributed by atoms with Gasteiger partial charge >= 0.3 is 0 Å². The average Bonchev–Trinajstić information content (AvgIpc) is 3.07. The van der Waals surface area contributed by atoms with E-state index in [2.05, 4.69) is 84.9 Å². The van der Waals surface area contributed by atoms with Crippen LogP contribution in [0, 0.1) is 10.8 Å². The fourth-order valence-electron chi connectivity index (χ4n) is 6.41. The van der Waals surface area contributed by atoms with E-state index in [0.29, 0.717) is 0 Å². The number of anilines is 1. The summed E-state index contributed by atoms with van der Waals surface area (Å²) in [4.78, 5) is 1.74. The summed E-state index contributed by atoms with van der Waals surface area (Å²) in [6, 6.07) is 51.9. The van der Waals surface area contributed by atoms with Gasteiger partial charge in [0, 0.05) is 16.8 Å². The molecule has 0 aliphatic heterocycles. The molecule has 0 bridgehead atoms. The maximum absolute atomic E-state index is 9.56. The zero-order valence-corrected chi connectivity index (χ0v) is 23.4. The second-order valence-electron chi connectivity index (χ2n) is 10.9. The molecule has 2 N–H and O–H groups in total. The topological polar surface area (TPSA) is 50.9 Å². The number of fused-ring (bicyclic) bond motifs is 1. The molecule has 0 saturated heterocycles. The van der Waals surface area contributed by atoms with Gasteiger partial charge in [0.2, 0.25) is 0 Å². The number of hydrogen-bond donors (Lipinski definition) is 2. The van der Waals surface area contributed by atoms with E-state index in [4.69, 9.17) is 0 Å². The van der Waals surface area contributed by atoms with Crippen molar-refractivity contribution in [3.8, 4) is 11.1 Å². The Balaban J connectivity index is 1.33. The van der Waals surface area contributed by atoms with Crippen molar-refractivity contribution < 1.29 is 0 Å². The molecular formula is C40H27N3. The van der Waals surface area contributed by atoms with E-state index >= 15 is 0 Å². The fraction of sp³-hybridized carbons (Fsp3) is 0. The first kappa shape index (κ1) is 25.0. The van der Waals surface area contributed by atoms with Crippen LogP contribution in [0.5, 0.6) is 0 Å². The Hall–Kier alpha value is -5.80. The SMILES string of the molecule is N=C(c1ccccc1)N(C(=N)c1ccc2ccc3c(-c4ccc5ccccc5c4)ccc4ccc1c2c43)c1ccccc1. The van der Waals surface area contributed by atoms with E-state index in [9.17, 15) is 10.8 Å². The second kappa shape index (κ2) is 9.93. The molecule has 0 radical (unpaired) electrons. The summed E-state index contributed by atoms with van der Waals surface area (Å²) in [6.07, 6.45) is 0. The van der Waals surface area contributed by atoms with Gasteiger partial charge in [-0.1, -0.05) is 133 Å². The van der Waals surface area contributed by atoms with Crippen LogP contribution < -0.4 is 4.90 Å². The maximum Gasteiger partial charge on any atom is 0.139 e. The van der Waals surface area contributed by atoms with Crippen LogP contribution in [0.1, 0.15) is 11.1 Å². The molecule has 0 heterocycles. The van der Waals surface area contributed by atoms with Crippen molar-refractivity contribution in [1.82, 2.24) is 0 Å². The first-order valence-electron chi connectivity index (χ1n) is 14.5. The van der Waals surface area contributed by atoms with Gasteiger partial charge in [-0.25, -0.2) is 0 Å². The average molecular weight is 550 g/mol. The molecule has 43 heavy (non-hydrogen) atoms.